The second kappa shape index (κ2) is 6.10. The first-order valence-corrected chi connectivity index (χ1v) is 5.09. The summed E-state index contributed by atoms with van der Waals surface area (Å²) in [4.78, 5) is 11.1. The molecule has 0 spiro atoms. The molecular weight excluding hydrogens is 224 g/mol. The van der Waals surface area contributed by atoms with Gasteiger partial charge in [0.15, 0.2) is 0 Å². The summed E-state index contributed by atoms with van der Waals surface area (Å²) in [5.41, 5.74) is 0.447. The second-order valence-electron chi connectivity index (χ2n) is 3.37. The zero-order valence-corrected chi connectivity index (χ0v) is 10.1. The van der Waals surface area contributed by atoms with Gasteiger partial charge in [-0.1, -0.05) is 6.07 Å². The Morgan fingerprint density at radius 2 is 1.76 bits per heavy atom. The van der Waals surface area contributed by atoms with E-state index in [1.807, 2.05) is 0 Å². The fraction of sp³-hybridized carbons (Fsp3) is 0.417. The molecule has 94 valence electrons. The Kier molecular flexibility index (Phi) is 4.78. The van der Waals surface area contributed by atoms with Gasteiger partial charge in [-0.3, -0.25) is 4.79 Å². The predicted octanol–water partition coefficient (Wildman–Crippen LogP) is 1.30. The number of benzene rings is 1. The maximum Gasteiger partial charge on any atom is 0.308 e. The van der Waals surface area contributed by atoms with E-state index in [1.165, 1.54) is 21.3 Å². The van der Waals surface area contributed by atoms with Crippen molar-refractivity contribution in [2.24, 2.45) is 0 Å². The summed E-state index contributed by atoms with van der Waals surface area (Å²) in [6.07, 6.45) is -1.17. The van der Waals surface area contributed by atoms with Crippen molar-refractivity contribution in [3.8, 4) is 11.5 Å². The van der Waals surface area contributed by atoms with Crippen LogP contribution in [-0.2, 0) is 9.53 Å². The maximum absolute atomic E-state index is 11.1. The third kappa shape index (κ3) is 3.10. The normalized spacial score (nSPS) is 11.8. The zero-order chi connectivity index (χ0) is 12.8. The van der Waals surface area contributed by atoms with Crippen LogP contribution in [0, 0.1) is 0 Å². The summed E-state index contributed by atoms with van der Waals surface area (Å²) in [5, 5.41) is 9.99. The van der Waals surface area contributed by atoms with Gasteiger partial charge >= 0.3 is 5.97 Å². The van der Waals surface area contributed by atoms with E-state index >= 15 is 0 Å². The van der Waals surface area contributed by atoms with E-state index in [0.717, 1.165) is 0 Å². The molecule has 1 aromatic rings. The number of hydrogen-bond acceptors (Lipinski definition) is 5. The van der Waals surface area contributed by atoms with Crippen LogP contribution in [-0.4, -0.2) is 32.4 Å². The van der Waals surface area contributed by atoms with Crippen molar-refractivity contribution in [3.63, 3.8) is 0 Å². The summed E-state index contributed by atoms with van der Waals surface area (Å²) < 4.78 is 14.8. The Morgan fingerprint density at radius 1 is 1.24 bits per heavy atom. The molecule has 0 aliphatic carbocycles. The molecule has 0 saturated carbocycles. The molecule has 17 heavy (non-hydrogen) atoms. The minimum atomic E-state index is -1.02. The van der Waals surface area contributed by atoms with Gasteiger partial charge in [0.1, 0.15) is 11.5 Å². The van der Waals surface area contributed by atoms with E-state index in [4.69, 9.17) is 9.47 Å². The Labute approximate surface area is 99.9 Å². The van der Waals surface area contributed by atoms with E-state index in [-0.39, 0.29) is 6.42 Å². The number of hydrogen-bond donors (Lipinski definition) is 1. The molecule has 1 atom stereocenters. The van der Waals surface area contributed by atoms with Gasteiger partial charge in [0, 0.05) is 0 Å². The van der Waals surface area contributed by atoms with Crippen LogP contribution in [0.25, 0.3) is 0 Å². The second-order valence-corrected chi connectivity index (χ2v) is 3.37. The number of carbonyl (C=O) groups excluding carboxylic acids is 1. The standard InChI is InChI=1S/C12H16O5/c1-15-9-5-4-6-10(16-2)12(9)8(13)7-11(14)17-3/h4-6,8,13H,7H2,1-3H3. The molecule has 0 aliphatic heterocycles. The van der Waals surface area contributed by atoms with Crippen LogP contribution >= 0.6 is 0 Å². The van der Waals surface area contributed by atoms with Gasteiger partial charge in [-0.25, -0.2) is 0 Å². The first kappa shape index (κ1) is 13.3. The van der Waals surface area contributed by atoms with Crippen molar-refractivity contribution in [1.82, 2.24) is 0 Å². The molecule has 1 rings (SSSR count). The Bertz CT molecular complexity index is 366. The smallest absolute Gasteiger partial charge is 0.308 e. The van der Waals surface area contributed by atoms with E-state index in [9.17, 15) is 9.90 Å². The summed E-state index contributed by atoms with van der Waals surface area (Å²) in [7, 11) is 4.25. The number of aliphatic hydroxyl groups excluding tert-OH is 1. The van der Waals surface area contributed by atoms with Gasteiger partial charge in [-0.2, -0.15) is 0 Å². The maximum atomic E-state index is 11.1. The highest BCUT2D eigenvalue weighted by molar-refractivity contribution is 5.70. The van der Waals surface area contributed by atoms with Gasteiger partial charge in [-0.05, 0) is 12.1 Å². The molecule has 0 aromatic heterocycles. The lowest BCUT2D eigenvalue weighted by atomic mass is 10.0. The van der Waals surface area contributed by atoms with Crippen molar-refractivity contribution in [2.45, 2.75) is 12.5 Å². The van der Waals surface area contributed by atoms with Gasteiger partial charge < -0.3 is 19.3 Å². The minimum absolute atomic E-state index is 0.146. The first-order chi connectivity index (χ1) is 8.13. The van der Waals surface area contributed by atoms with Crippen molar-refractivity contribution in [2.75, 3.05) is 21.3 Å². The molecule has 0 heterocycles. The molecule has 0 radical (unpaired) electrons. The summed E-state index contributed by atoms with van der Waals surface area (Å²) in [5.74, 6) is 0.451. The molecule has 0 saturated heterocycles. The van der Waals surface area contributed by atoms with E-state index < -0.39 is 12.1 Å². The van der Waals surface area contributed by atoms with Crippen LogP contribution in [0.3, 0.4) is 0 Å². The summed E-state index contributed by atoms with van der Waals surface area (Å²) in [6, 6.07) is 5.13. The Hall–Kier alpha value is -1.75. The number of rotatable bonds is 5. The molecule has 0 aliphatic rings. The number of aliphatic hydroxyl groups is 1. The zero-order valence-electron chi connectivity index (χ0n) is 10.1. The van der Waals surface area contributed by atoms with Crippen LogP contribution < -0.4 is 9.47 Å². The number of ether oxygens (including phenoxy) is 3. The topological polar surface area (TPSA) is 65.0 Å². The Morgan fingerprint density at radius 3 is 2.18 bits per heavy atom. The van der Waals surface area contributed by atoms with E-state index in [2.05, 4.69) is 4.74 Å². The highest BCUT2D eigenvalue weighted by Gasteiger charge is 2.21. The summed E-state index contributed by atoms with van der Waals surface area (Å²) >= 11 is 0. The third-order valence-corrected chi connectivity index (χ3v) is 2.39. The summed E-state index contributed by atoms with van der Waals surface area (Å²) in [6.45, 7) is 0. The first-order valence-electron chi connectivity index (χ1n) is 5.09. The Balaban J connectivity index is 3.04. The van der Waals surface area contributed by atoms with Crippen molar-refractivity contribution >= 4 is 5.97 Å². The number of carbonyl (C=O) groups is 1. The van der Waals surface area contributed by atoms with Gasteiger partial charge in [0.25, 0.3) is 0 Å². The van der Waals surface area contributed by atoms with Crippen LogP contribution in [0.2, 0.25) is 0 Å². The third-order valence-electron chi connectivity index (χ3n) is 2.39. The molecule has 5 heteroatoms. The SMILES string of the molecule is COC(=O)CC(O)c1c(OC)cccc1OC. The van der Waals surface area contributed by atoms with E-state index in [1.54, 1.807) is 18.2 Å². The van der Waals surface area contributed by atoms with E-state index in [0.29, 0.717) is 17.1 Å². The fourth-order valence-corrected chi connectivity index (χ4v) is 1.55. The van der Waals surface area contributed by atoms with Gasteiger partial charge in [-0.15, -0.1) is 0 Å². The van der Waals surface area contributed by atoms with Crippen molar-refractivity contribution in [3.05, 3.63) is 23.8 Å². The largest absolute Gasteiger partial charge is 0.496 e. The van der Waals surface area contributed by atoms with Gasteiger partial charge in [0.05, 0.1) is 39.4 Å². The van der Waals surface area contributed by atoms with Crippen LogP contribution in [0.15, 0.2) is 18.2 Å². The number of methoxy groups -OCH3 is 3. The molecule has 0 amide bonds. The average molecular weight is 240 g/mol. The molecule has 1 aromatic carbocycles. The van der Waals surface area contributed by atoms with Crippen LogP contribution in [0.1, 0.15) is 18.1 Å². The highest BCUT2D eigenvalue weighted by Crippen LogP contribution is 2.35. The van der Waals surface area contributed by atoms with Crippen molar-refractivity contribution in [1.29, 1.82) is 0 Å². The lowest BCUT2D eigenvalue weighted by Crippen LogP contribution is -2.10. The van der Waals surface area contributed by atoms with Crippen LogP contribution in [0.4, 0.5) is 0 Å². The average Bonchev–Trinajstić information content (AvgIpc) is 2.37. The quantitative estimate of drug-likeness (QED) is 0.786. The highest BCUT2D eigenvalue weighted by atomic mass is 16.5. The monoisotopic (exact) mass is 240 g/mol. The molecule has 1 unspecified atom stereocenters. The molecule has 5 nitrogen and oxygen atoms in total. The lowest BCUT2D eigenvalue weighted by molar-refractivity contribution is -0.142. The lowest BCUT2D eigenvalue weighted by Gasteiger charge is -2.17. The fourth-order valence-electron chi connectivity index (χ4n) is 1.55. The molecule has 1 N–H and O–H groups in total. The molecular formula is C12H16O5. The molecule has 0 bridgehead atoms. The van der Waals surface area contributed by atoms with Crippen LogP contribution in [0.5, 0.6) is 11.5 Å². The van der Waals surface area contributed by atoms with Gasteiger partial charge in [0.2, 0.25) is 0 Å². The molecule has 0 fully saturated rings. The predicted molar refractivity (Wildman–Crippen MR) is 61.1 cm³/mol. The number of esters is 1. The minimum Gasteiger partial charge on any atom is -0.496 e. The van der Waals surface area contributed by atoms with Crippen molar-refractivity contribution < 1.29 is 24.1 Å².